The molecule has 0 aliphatic rings. The lowest BCUT2D eigenvalue weighted by Crippen LogP contribution is -2.12. The van der Waals surface area contributed by atoms with Gasteiger partial charge in [-0.3, -0.25) is 9.78 Å². The summed E-state index contributed by atoms with van der Waals surface area (Å²) in [6.45, 7) is 0. The van der Waals surface area contributed by atoms with Gasteiger partial charge in [-0.15, -0.1) is 0 Å². The average molecular weight is 340 g/mol. The Kier molecular flexibility index (Phi) is 3.58. The van der Waals surface area contributed by atoms with Crippen LogP contribution >= 0.6 is 22.6 Å². The van der Waals surface area contributed by atoms with Crippen LogP contribution in [0.15, 0.2) is 42.7 Å². The maximum atomic E-state index is 11.9. The van der Waals surface area contributed by atoms with Crippen molar-refractivity contribution in [1.29, 1.82) is 0 Å². The summed E-state index contributed by atoms with van der Waals surface area (Å²) in [5.41, 5.74) is 0.900. The number of benzene rings is 1. The quantitative estimate of drug-likeness (QED) is 0.827. The molecule has 0 fully saturated rings. The molecule has 4 nitrogen and oxygen atoms in total. The Morgan fingerprint density at radius 3 is 2.65 bits per heavy atom. The zero-order chi connectivity index (χ0) is 12.3. The summed E-state index contributed by atoms with van der Waals surface area (Å²) in [7, 11) is 0. The number of carbonyl (C=O) groups excluding carboxylic acids is 1. The van der Waals surface area contributed by atoms with Crippen molar-refractivity contribution in [3.8, 4) is 5.75 Å². The molecule has 1 heterocycles. The van der Waals surface area contributed by atoms with Crippen molar-refractivity contribution >= 4 is 34.2 Å². The predicted molar refractivity (Wildman–Crippen MR) is 73.0 cm³/mol. The Morgan fingerprint density at radius 2 is 1.94 bits per heavy atom. The van der Waals surface area contributed by atoms with Crippen molar-refractivity contribution < 1.29 is 9.90 Å². The van der Waals surface area contributed by atoms with E-state index >= 15 is 0 Å². The van der Waals surface area contributed by atoms with E-state index in [-0.39, 0.29) is 17.2 Å². The van der Waals surface area contributed by atoms with E-state index in [0.717, 1.165) is 3.57 Å². The van der Waals surface area contributed by atoms with E-state index in [9.17, 15) is 9.90 Å². The minimum atomic E-state index is -0.341. The van der Waals surface area contributed by atoms with E-state index in [1.54, 1.807) is 36.7 Å². The lowest BCUT2D eigenvalue weighted by atomic mass is 10.2. The van der Waals surface area contributed by atoms with Gasteiger partial charge in [0.25, 0.3) is 5.91 Å². The van der Waals surface area contributed by atoms with E-state index in [0.29, 0.717) is 5.69 Å². The number of nitrogens with zero attached hydrogens (tertiary/aromatic N) is 1. The Labute approximate surface area is 112 Å². The third-order valence-electron chi connectivity index (χ3n) is 2.14. The van der Waals surface area contributed by atoms with Gasteiger partial charge in [0.2, 0.25) is 0 Å². The molecule has 0 aliphatic carbocycles. The zero-order valence-corrected chi connectivity index (χ0v) is 10.9. The molecule has 0 saturated heterocycles. The Bertz CT molecular complexity index is 543. The van der Waals surface area contributed by atoms with Crippen molar-refractivity contribution in [1.82, 2.24) is 4.98 Å². The fourth-order valence-corrected chi connectivity index (χ4v) is 1.82. The molecule has 1 aromatic carbocycles. The summed E-state index contributed by atoms with van der Waals surface area (Å²) in [6.07, 6.45) is 3.18. The number of aromatic hydroxyl groups is 1. The van der Waals surface area contributed by atoms with E-state index < -0.39 is 0 Å². The van der Waals surface area contributed by atoms with Gasteiger partial charge in [0.05, 0.1) is 5.56 Å². The molecule has 17 heavy (non-hydrogen) atoms. The number of hydrogen-bond donors (Lipinski definition) is 2. The Balaban J connectivity index is 2.23. The molecule has 0 radical (unpaired) electrons. The zero-order valence-electron chi connectivity index (χ0n) is 8.72. The molecule has 1 amide bonds. The second-order valence-corrected chi connectivity index (χ2v) is 4.60. The lowest BCUT2D eigenvalue weighted by Gasteiger charge is -2.06. The monoisotopic (exact) mass is 340 g/mol. The summed E-state index contributed by atoms with van der Waals surface area (Å²) in [5.74, 6) is -0.371. The van der Waals surface area contributed by atoms with Crippen molar-refractivity contribution in [2.24, 2.45) is 0 Å². The van der Waals surface area contributed by atoms with Gasteiger partial charge in [0, 0.05) is 21.7 Å². The van der Waals surface area contributed by atoms with Crippen LogP contribution in [-0.4, -0.2) is 16.0 Å². The Morgan fingerprint density at radius 1 is 1.24 bits per heavy atom. The van der Waals surface area contributed by atoms with Gasteiger partial charge in [-0.2, -0.15) is 0 Å². The highest BCUT2D eigenvalue weighted by atomic mass is 127. The largest absolute Gasteiger partial charge is 0.507 e. The third kappa shape index (κ3) is 2.94. The van der Waals surface area contributed by atoms with Gasteiger partial charge >= 0.3 is 0 Å². The van der Waals surface area contributed by atoms with Crippen molar-refractivity contribution in [3.63, 3.8) is 0 Å². The fourth-order valence-electron chi connectivity index (χ4n) is 1.32. The average Bonchev–Trinajstić information content (AvgIpc) is 2.33. The van der Waals surface area contributed by atoms with Gasteiger partial charge in [-0.05, 0) is 52.9 Å². The molecule has 0 atom stereocenters. The summed E-state index contributed by atoms with van der Waals surface area (Å²) < 4.78 is 0.889. The van der Waals surface area contributed by atoms with Crippen LogP contribution in [0.5, 0.6) is 5.75 Å². The first-order valence-electron chi connectivity index (χ1n) is 4.87. The van der Waals surface area contributed by atoms with Crippen LogP contribution < -0.4 is 5.32 Å². The number of rotatable bonds is 2. The SMILES string of the molecule is O=C(Nc1ccncc1)c1cc(I)ccc1O. The first-order chi connectivity index (χ1) is 8.16. The predicted octanol–water partition coefficient (Wildman–Crippen LogP) is 2.64. The molecule has 0 saturated carbocycles. The van der Waals surface area contributed by atoms with Gasteiger partial charge in [0.15, 0.2) is 0 Å². The molecule has 86 valence electrons. The summed E-state index contributed by atoms with van der Waals surface area (Å²) in [4.78, 5) is 15.7. The maximum Gasteiger partial charge on any atom is 0.259 e. The van der Waals surface area contributed by atoms with E-state index in [1.807, 2.05) is 0 Å². The van der Waals surface area contributed by atoms with Gasteiger partial charge in [-0.1, -0.05) is 0 Å². The van der Waals surface area contributed by atoms with Crippen LogP contribution in [-0.2, 0) is 0 Å². The van der Waals surface area contributed by atoms with Crippen LogP contribution in [0.2, 0.25) is 0 Å². The van der Waals surface area contributed by atoms with Crippen LogP contribution in [0.25, 0.3) is 0 Å². The molecule has 0 bridgehead atoms. The molecule has 1 aromatic heterocycles. The normalized spacial score (nSPS) is 9.94. The number of anilines is 1. The number of pyridine rings is 1. The first-order valence-corrected chi connectivity index (χ1v) is 5.94. The molecule has 0 spiro atoms. The van der Waals surface area contributed by atoms with Crippen LogP contribution in [0.4, 0.5) is 5.69 Å². The molecular weight excluding hydrogens is 331 g/mol. The number of phenolic OH excluding ortho intramolecular Hbond substituents is 1. The minimum Gasteiger partial charge on any atom is -0.507 e. The third-order valence-corrected chi connectivity index (χ3v) is 2.81. The molecule has 2 rings (SSSR count). The summed E-state index contributed by atoms with van der Waals surface area (Å²) in [5, 5.41) is 12.3. The van der Waals surface area contributed by atoms with E-state index in [4.69, 9.17) is 0 Å². The lowest BCUT2D eigenvalue weighted by molar-refractivity contribution is 0.102. The fraction of sp³-hybridized carbons (Fsp3) is 0. The molecule has 0 aliphatic heterocycles. The maximum absolute atomic E-state index is 11.9. The number of carbonyl (C=O) groups is 1. The molecule has 2 N–H and O–H groups in total. The van der Waals surface area contributed by atoms with Gasteiger partial charge in [-0.25, -0.2) is 0 Å². The van der Waals surface area contributed by atoms with Gasteiger partial charge in [0.1, 0.15) is 5.75 Å². The van der Waals surface area contributed by atoms with Crippen LogP contribution in [0.1, 0.15) is 10.4 Å². The number of halogens is 1. The highest BCUT2D eigenvalue weighted by molar-refractivity contribution is 14.1. The van der Waals surface area contributed by atoms with Crippen LogP contribution in [0.3, 0.4) is 0 Å². The minimum absolute atomic E-state index is 0.0306. The highest BCUT2D eigenvalue weighted by Gasteiger charge is 2.11. The summed E-state index contributed by atoms with van der Waals surface area (Å²) >= 11 is 2.09. The number of amides is 1. The second kappa shape index (κ2) is 5.13. The van der Waals surface area contributed by atoms with Crippen molar-refractivity contribution in [2.45, 2.75) is 0 Å². The smallest absolute Gasteiger partial charge is 0.259 e. The van der Waals surface area contributed by atoms with E-state index in [2.05, 4.69) is 32.9 Å². The molecule has 2 aromatic rings. The molecule has 5 heteroatoms. The van der Waals surface area contributed by atoms with Gasteiger partial charge < -0.3 is 10.4 Å². The number of aromatic nitrogens is 1. The molecular formula is C12H9IN2O2. The van der Waals surface area contributed by atoms with Crippen molar-refractivity contribution in [3.05, 3.63) is 51.9 Å². The first kappa shape index (κ1) is 11.8. The number of phenols is 1. The highest BCUT2D eigenvalue weighted by Crippen LogP contribution is 2.20. The number of hydrogen-bond acceptors (Lipinski definition) is 3. The van der Waals surface area contributed by atoms with E-state index in [1.165, 1.54) is 6.07 Å². The standard InChI is InChI=1S/C12H9IN2O2/c13-8-1-2-11(16)10(7-8)12(17)15-9-3-5-14-6-4-9/h1-7,16H,(H,14,15,17). The molecule has 0 unspecified atom stereocenters. The number of nitrogens with one attached hydrogen (secondary N) is 1. The van der Waals surface area contributed by atoms with Crippen molar-refractivity contribution in [2.75, 3.05) is 5.32 Å². The Hall–Kier alpha value is -1.63. The van der Waals surface area contributed by atoms with Crippen LogP contribution in [0, 0.1) is 3.57 Å². The summed E-state index contributed by atoms with van der Waals surface area (Å²) in [6, 6.07) is 8.24. The topological polar surface area (TPSA) is 62.2 Å². The second-order valence-electron chi connectivity index (χ2n) is 3.35.